The van der Waals surface area contributed by atoms with E-state index in [1.807, 2.05) is 12.4 Å². The van der Waals surface area contributed by atoms with Gasteiger partial charge >= 0.3 is 0 Å². The first-order valence-electron chi connectivity index (χ1n) is 18.3. The summed E-state index contributed by atoms with van der Waals surface area (Å²) in [5.74, 6) is 3.61. The molecule has 256 valence electrons. The van der Waals surface area contributed by atoms with Gasteiger partial charge in [0, 0.05) is 59.8 Å². The van der Waals surface area contributed by atoms with Gasteiger partial charge in [0.15, 0.2) is 0 Å². The van der Waals surface area contributed by atoms with Gasteiger partial charge in [-0.15, -0.1) is 0 Å². The second-order valence-electron chi connectivity index (χ2n) is 15.0. The first kappa shape index (κ1) is 32.8. The van der Waals surface area contributed by atoms with Crippen LogP contribution in [0.5, 0.6) is 11.5 Å². The third-order valence-corrected chi connectivity index (χ3v) is 11.1. The molecule has 2 aliphatic rings. The van der Waals surface area contributed by atoms with Crippen molar-refractivity contribution in [3.05, 3.63) is 167 Å². The normalized spacial score (nSPS) is 14.5. The lowest BCUT2D eigenvalue weighted by molar-refractivity contribution is 0.481. The summed E-state index contributed by atoms with van der Waals surface area (Å²) in [6.07, 6.45) is 8.16. The molecule has 4 heterocycles. The highest BCUT2D eigenvalue weighted by atomic mass is 16.5. The predicted octanol–water partition coefficient (Wildman–Crippen LogP) is 11.1. The molecular formula is C46H46N4O. The van der Waals surface area contributed by atoms with E-state index in [9.17, 15) is 0 Å². The van der Waals surface area contributed by atoms with Crippen molar-refractivity contribution in [2.75, 3.05) is 22.9 Å². The van der Waals surface area contributed by atoms with Crippen LogP contribution in [0.4, 0.5) is 23.0 Å². The first-order valence-corrected chi connectivity index (χ1v) is 18.3. The highest BCUT2D eigenvalue weighted by Crippen LogP contribution is 2.41. The van der Waals surface area contributed by atoms with E-state index < -0.39 is 0 Å². The number of rotatable bonds is 8. The number of hydrogen-bond acceptors (Lipinski definition) is 5. The molecule has 6 aromatic rings. The Bertz CT molecular complexity index is 2000. The van der Waals surface area contributed by atoms with Crippen molar-refractivity contribution in [1.82, 2.24) is 9.97 Å². The minimum Gasteiger partial charge on any atom is -0.457 e. The minimum atomic E-state index is -0.141. The first-order chi connectivity index (χ1) is 24.8. The molecule has 0 aliphatic carbocycles. The van der Waals surface area contributed by atoms with Gasteiger partial charge in [0.2, 0.25) is 0 Å². The molecule has 0 saturated heterocycles. The lowest BCUT2D eigenvalue weighted by Gasteiger charge is -2.33. The molecule has 0 radical (unpaired) electrons. The number of nitrogens with zero attached hydrogens (tertiary/aromatic N) is 4. The summed E-state index contributed by atoms with van der Waals surface area (Å²) in [5, 5.41) is 0. The second-order valence-corrected chi connectivity index (χ2v) is 15.0. The second kappa shape index (κ2) is 13.4. The minimum absolute atomic E-state index is 0.141. The quantitative estimate of drug-likeness (QED) is 0.161. The van der Waals surface area contributed by atoms with Crippen LogP contribution in [0.2, 0.25) is 0 Å². The Morgan fingerprint density at radius 3 is 1.35 bits per heavy atom. The van der Waals surface area contributed by atoms with Crippen LogP contribution in [0.3, 0.4) is 0 Å². The molecule has 0 saturated carbocycles. The molecule has 0 fully saturated rings. The molecule has 0 amide bonds. The zero-order chi connectivity index (χ0) is 35.0. The third kappa shape index (κ3) is 6.38. The van der Waals surface area contributed by atoms with Crippen LogP contribution in [-0.2, 0) is 23.7 Å². The molecule has 51 heavy (non-hydrogen) atoms. The highest BCUT2D eigenvalue weighted by molar-refractivity contribution is 5.70. The van der Waals surface area contributed by atoms with Crippen molar-refractivity contribution in [3.63, 3.8) is 0 Å². The Hall–Kier alpha value is -5.42. The molecule has 0 spiro atoms. The fourth-order valence-corrected chi connectivity index (χ4v) is 7.80. The lowest BCUT2D eigenvalue weighted by Crippen LogP contribution is -2.26. The van der Waals surface area contributed by atoms with Gasteiger partial charge in [0.25, 0.3) is 0 Å². The number of pyridine rings is 2. The zero-order valence-corrected chi connectivity index (χ0v) is 30.1. The number of benzene rings is 4. The van der Waals surface area contributed by atoms with Gasteiger partial charge < -0.3 is 14.5 Å². The van der Waals surface area contributed by atoms with Crippen LogP contribution in [-0.4, -0.2) is 23.1 Å². The van der Waals surface area contributed by atoms with Crippen molar-refractivity contribution in [2.45, 2.75) is 64.2 Å². The molecule has 2 aliphatic heterocycles. The van der Waals surface area contributed by atoms with Crippen molar-refractivity contribution < 1.29 is 4.74 Å². The Morgan fingerprint density at radius 1 is 0.490 bits per heavy atom. The van der Waals surface area contributed by atoms with E-state index >= 15 is 0 Å². The van der Waals surface area contributed by atoms with Crippen LogP contribution in [0, 0.1) is 0 Å². The molecule has 0 bridgehead atoms. The van der Waals surface area contributed by atoms with E-state index in [-0.39, 0.29) is 10.8 Å². The maximum absolute atomic E-state index is 6.66. The number of aromatic nitrogens is 2. The number of aryl methyl sites for hydroxylation is 2. The van der Waals surface area contributed by atoms with E-state index in [0.717, 1.165) is 61.9 Å². The number of fused-ring (bicyclic) bond motifs is 2. The van der Waals surface area contributed by atoms with Gasteiger partial charge in [-0.25, -0.2) is 9.97 Å². The highest BCUT2D eigenvalue weighted by Gasteiger charge is 2.28. The molecule has 4 aromatic carbocycles. The smallest absolute Gasteiger partial charge is 0.133 e. The van der Waals surface area contributed by atoms with Crippen molar-refractivity contribution in [1.29, 1.82) is 0 Å². The summed E-state index contributed by atoms with van der Waals surface area (Å²) in [7, 11) is 0. The summed E-state index contributed by atoms with van der Waals surface area (Å²) >= 11 is 0. The van der Waals surface area contributed by atoms with Gasteiger partial charge in [0.1, 0.15) is 23.1 Å². The molecular weight excluding hydrogens is 625 g/mol. The number of ether oxygens (including phenoxy) is 1. The van der Waals surface area contributed by atoms with E-state index in [1.165, 1.54) is 44.8 Å². The number of hydrogen-bond donors (Lipinski definition) is 0. The number of anilines is 4. The topological polar surface area (TPSA) is 41.5 Å². The van der Waals surface area contributed by atoms with E-state index in [4.69, 9.17) is 14.7 Å². The summed E-state index contributed by atoms with van der Waals surface area (Å²) < 4.78 is 6.66. The fraction of sp³-hybridized carbons (Fsp3) is 0.261. The Labute approximate surface area is 302 Å². The lowest BCUT2D eigenvalue weighted by atomic mass is 9.78. The summed E-state index contributed by atoms with van der Waals surface area (Å²) in [5.41, 5.74) is 9.79. The van der Waals surface area contributed by atoms with E-state index in [0.29, 0.717) is 0 Å². The summed E-state index contributed by atoms with van der Waals surface area (Å²) in [6.45, 7) is 11.0. The maximum Gasteiger partial charge on any atom is 0.133 e. The van der Waals surface area contributed by atoms with Gasteiger partial charge in [-0.2, -0.15) is 0 Å². The van der Waals surface area contributed by atoms with Crippen molar-refractivity contribution >= 4 is 23.0 Å². The van der Waals surface area contributed by atoms with Crippen molar-refractivity contribution in [2.24, 2.45) is 0 Å². The van der Waals surface area contributed by atoms with Crippen LogP contribution >= 0.6 is 0 Å². The average molecular weight is 671 g/mol. The Kier molecular flexibility index (Phi) is 8.59. The zero-order valence-electron chi connectivity index (χ0n) is 30.1. The maximum atomic E-state index is 6.66. The molecule has 2 aromatic heterocycles. The molecule has 0 N–H and O–H groups in total. The van der Waals surface area contributed by atoms with Crippen LogP contribution in [0.25, 0.3) is 0 Å². The van der Waals surface area contributed by atoms with Crippen molar-refractivity contribution in [3.8, 4) is 11.5 Å². The van der Waals surface area contributed by atoms with Crippen LogP contribution in [0.1, 0.15) is 73.9 Å². The van der Waals surface area contributed by atoms with Gasteiger partial charge in [0.05, 0.1) is 0 Å². The van der Waals surface area contributed by atoms with Gasteiger partial charge in [-0.1, -0.05) is 100 Å². The van der Waals surface area contributed by atoms with Gasteiger partial charge in [-0.05, 0) is 95.5 Å². The fourth-order valence-electron chi connectivity index (χ4n) is 7.80. The molecule has 0 unspecified atom stereocenters. The standard InChI is InChI=1S/C46H46N4O/c1-45(2,35-15-7-5-8-16-35)37-23-25-47-43(29-37)49-27-11-13-33-19-21-39(31-41(33)49)51-40-22-20-34-14-12-28-50(42(34)32-40)44-30-38(24-26-48-44)46(3,4)36-17-9-6-10-18-36/h5-10,15-26,29-32H,11-14,27-28H2,1-4H3. The van der Waals surface area contributed by atoms with E-state index in [2.05, 4.69) is 159 Å². The molecule has 0 atom stereocenters. The molecule has 8 rings (SSSR count). The van der Waals surface area contributed by atoms with Crippen LogP contribution < -0.4 is 14.5 Å². The third-order valence-electron chi connectivity index (χ3n) is 11.1. The molecule has 5 nitrogen and oxygen atoms in total. The van der Waals surface area contributed by atoms with E-state index in [1.54, 1.807) is 0 Å². The Balaban J connectivity index is 1.07. The predicted molar refractivity (Wildman–Crippen MR) is 209 cm³/mol. The Morgan fingerprint density at radius 2 is 0.922 bits per heavy atom. The summed E-state index contributed by atoms with van der Waals surface area (Å²) in [6, 6.07) is 43.3. The monoisotopic (exact) mass is 670 g/mol. The molecule has 5 heteroatoms. The summed E-state index contributed by atoms with van der Waals surface area (Å²) in [4.78, 5) is 14.5. The SMILES string of the molecule is CC(C)(c1ccccc1)c1ccnc(N2CCCc3ccc(Oc4ccc5c(c4)N(c4cc(C(C)(C)c6ccccc6)ccn4)CCC5)cc32)c1. The van der Waals surface area contributed by atoms with Crippen LogP contribution in [0.15, 0.2) is 134 Å². The van der Waals surface area contributed by atoms with Gasteiger partial charge in [-0.3, -0.25) is 0 Å². The average Bonchev–Trinajstić information content (AvgIpc) is 3.18. The largest absolute Gasteiger partial charge is 0.457 e.